The maximum atomic E-state index is 12.9. The monoisotopic (exact) mass is 562 g/mol. The van der Waals surface area contributed by atoms with Crippen molar-refractivity contribution in [1.82, 2.24) is 9.80 Å². The number of aliphatic hydroxyl groups excluding tert-OH is 1. The number of amides is 1. The minimum atomic E-state index is -0.353. The Morgan fingerprint density at radius 3 is 2.56 bits per heavy atom. The molecule has 2 aliphatic heterocycles. The second-order valence-corrected chi connectivity index (χ2v) is 11.3. The van der Waals surface area contributed by atoms with Gasteiger partial charge in [-0.05, 0) is 49.1 Å². The Morgan fingerprint density at radius 2 is 1.82 bits per heavy atom. The van der Waals surface area contributed by atoms with Crippen molar-refractivity contribution in [3.8, 4) is 11.3 Å². The van der Waals surface area contributed by atoms with Gasteiger partial charge in [-0.2, -0.15) is 0 Å². The molecule has 9 heteroatoms. The van der Waals surface area contributed by atoms with Crippen molar-refractivity contribution < 1.29 is 23.8 Å². The Morgan fingerprint density at radius 1 is 1.08 bits per heavy atom. The van der Waals surface area contributed by atoms with Crippen LogP contribution in [-0.2, 0) is 16.1 Å². The Kier molecular flexibility index (Phi) is 8.93. The first-order valence-corrected chi connectivity index (χ1v) is 14.3. The smallest absolute Gasteiger partial charge is 0.338 e. The van der Waals surface area contributed by atoms with Crippen LogP contribution in [0.2, 0.25) is 0 Å². The molecule has 0 unspecified atom stereocenters. The second kappa shape index (κ2) is 12.7. The van der Waals surface area contributed by atoms with Crippen LogP contribution in [0, 0.1) is 0 Å². The SMILES string of the molecule is O=C(OCCCN1CCC(O)CC1)c1ccc(-c2ccc(/C=C3/SC(=S)N(Cc4ccccc4)C3=O)o2)cc1. The number of hydrogen-bond donors (Lipinski definition) is 1. The molecule has 0 spiro atoms. The highest BCUT2D eigenvalue weighted by molar-refractivity contribution is 8.26. The number of piperidine rings is 1. The molecule has 2 aromatic carbocycles. The van der Waals surface area contributed by atoms with Gasteiger partial charge in [-0.3, -0.25) is 9.69 Å². The summed E-state index contributed by atoms with van der Waals surface area (Å²) in [6, 6.07) is 20.5. The zero-order valence-electron chi connectivity index (χ0n) is 21.5. The molecule has 1 aromatic heterocycles. The summed E-state index contributed by atoms with van der Waals surface area (Å²) < 4.78 is 11.9. The van der Waals surface area contributed by atoms with Crippen LogP contribution in [0.15, 0.2) is 76.1 Å². The summed E-state index contributed by atoms with van der Waals surface area (Å²) in [7, 11) is 0. The number of furan rings is 1. The molecule has 0 bridgehead atoms. The van der Waals surface area contributed by atoms with Gasteiger partial charge in [-0.15, -0.1) is 0 Å². The maximum Gasteiger partial charge on any atom is 0.338 e. The van der Waals surface area contributed by atoms with E-state index in [1.54, 1.807) is 23.1 Å². The van der Waals surface area contributed by atoms with Gasteiger partial charge < -0.3 is 19.2 Å². The minimum absolute atomic E-state index is 0.135. The third-order valence-corrected chi connectivity index (χ3v) is 8.15. The number of benzene rings is 2. The van der Waals surface area contributed by atoms with Gasteiger partial charge in [0.05, 0.1) is 29.7 Å². The number of rotatable bonds is 9. The van der Waals surface area contributed by atoms with Crippen molar-refractivity contribution in [2.24, 2.45) is 0 Å². The van der Waals surface area contributed by atoms with Gasteiger partial charge in [-0.1, -0.05) is 66.4 Å². The molecule has 7 nitrogen and oxygen atoms in total. The number of thioether (sulfide) groups is 1. The number of nitrogens with zero attached hydrogens (tertiary/aromatic N) is 2. The van der Waals surface area contributed by atoms with Crippen molar-refractivity contribution in [3.05, 3.63) is 88.5 Å². The van der Waals surface area contributed by atoms with Gasteiger partial charge in [-0.25, -0.2) is 4.79 Å². The van der Waals surface area contributed by atoms with Crippen LogP contribution in [-0.4, -0.2) is 63.4 Å². The highest BCUT2D eigenvalue weighted by Crippen LogP contribution is 2.34. The van der Waals surface area contributed by atoms with E-state index < -0.39 is 0 Å². The number of thiocarbonyl (C=S) groups is 1. The van der Waals surface area contributed by atoms with E-state index in [1.807, 2.05) is 54.6 Å². The van der Waals surface area contributed by atoms with Gasteiger partial charge in [0.15, 0.2) is 0 Å². The van der Waals surface area contributed by atoms with Crippen LogP contribution in [0.25, 0.3) is 17.4 Å². The molecular weight excluding hydrogens is 532 g/mol. The van der Waals surface area contributed by atoms with Crippen LogP contribution in [0.5, 0.6) is 0 Å². The van der Waals surface area contributed by atoms with E-state index in [9.17, 15) is 14.7 Å². The van der Waals surface area contributed by atoms with Gasteiger partial charge >= 0.3 is 5.97 Å². The first-order valence-electron chi connectivity index (χ1n) is 13.0. The summed E-state index contributed by atoms with van der Waals surface area (Å²) in [4.78, 5) is 29.8. The zero-order chi connectivity index (χ0) is 27.2. The van der Waals surface area contributed by atoms with Crippen molar-refractivity contribution in [3.63, 3.8) is 0 Å². The number of ether oxygens (including phenoxy) is 1. The first-order chi connectivity index (χ1) is 19.0. The van der Waals surface area contributed by atoms with Crippen molar-refractivity contribution in [2.75, 3.05) is 26.2 Å². The summed E-state index contributed by atoms with van der Waals surface area (Å²) in [5.41, 5.74) is 2.31. The zero-order valence-corrected chi connectivity index (χ0v) is 23.1. The van der Waals surface area contributed by atoms with Crippen molar-refractivity contribution >= 4 is 46.3 Å². The first kappa shape index (κ1) is 27.3. The molecule has 0 atom stereocenters. The van der Waals surface area contributed by atoms with E-state index in [4.69, 9.17) is 21.4 Å². The van der Waals surface area contributed by atoms with E-state index >= 15 is 0 Å². The lowest BCUT2D eigenvalue weighted by atomic mass is 10.1. The summed E-state index contributed by atoms with van der Waals surface area (Å²) in [5.74, 6) is 0.696. The largest absolute Gasteiger partial charge is 0.462 e. The lowest BCUT2D eigenvalue weighted by molar-refractivity contribution is -0.122. The van der Waals surface area contributed by atoms with Gasteiger partial charge in [0.2, 0.25) is 0 Å². The predicted octanol–water partition coefficient (Wildman–Crippen LogP) is 5.35. The standard InChI is InChI=1S/C30H30N2O5S2/c33-24-13-16-31(17-14-24)15-4-18-36-29(35)23-9-7-22(8-10-23)26-12-11-25(37-26)19-27-28(34)32(30(38)39-27)20-21-5-2-1-3-6-21/h1-3,5-12,19,24,33H,4,13-18,20H2/b27-19+. The highest BCUT2D eigenvalue weighted by atomic mass is 32.2. The fourth-order valence-corrected chi connectivity index (χ4v) is 5.80. The normalized spacial score (nSPS) is 17.8. The fraction of sp³-hybridized carbons (Fsp3) is 0.300. The number of carbonyl (C=O) groups is 2. The molecule has 5 rings (SSSR count). The van der Waals surface area contributed by atoms with Gasteiger partial charge in [0.25, 0.3) is 5.91 Å². The molecule has 1 amide bonds. The number of esters is 1. The lowest BCUT2D eigenvalue weighted by Crippen LogP contribution is -2.36. The average Bonchev–Trinajstić information content (AvgIpc) is 3.53. The van der Waals surface area contributed by atoms with E-state index in [-0.39, 0.29) is 18.0 Å². The number of carbonyl (C=O) groups excluding carboxylic acids is 2. The molecule has 0 radical (unpaired) electrons. The molecule has 2 saturated heterocycles. The van der Waals surface area contributed by atoms with Crippen LogP contribution in [0.1, 0.15) is 40.9 Å². The van der Waals surface area contributed by atoms with Crippen molar-refractivity contribution in [1.29, 1.82) is 0 Å². The Hall–Kier alpha value is -3.24. The van der Waals surface area contributed by atoms with Crippen LogP contribution in [0.4, 0.5) is 0 Å². The van der Waals surface area contributed by atoms with Crippen molar-refractivity contribution in [2.45, 2.75) is 31.9 Å². The van der Waals surface area contributed by atoms with E-state index in [2.05, 4.69) is 4.90 Å². The molecule has 0 saturated carbocycles. The third-order valence-electron chi connectivity index (χ3n) is 6.77. The molecule has 2 aliphatic rings. The van der Waals surface area contributed by atoms with E-state index in [0.29, 0.717) is 39.5 Å². The average molecular weight is 563 g/mol. The van der Waals surface area contributed by atoms with Crippen LogP contribution >= 0.6 is 24.0 Å². The van der Waals surface area contributed by atoms with E-state index in [1.165, 1.54) is 11.8 Å². The van der Waals surface area contributed by atoms with Crippen LogP contribution in [0.3, 0.4) is 0 Å². The molecule has 1 N–H and O–H groups in total. The number of aliphatic hydroxyl groups is 1. The minimum Gasteiger partial charge on any atom is -0.462 e. The molecule has 3 aromatic rings. The number of likely N-dealkylation sites (tertiary alicyclic amines) is 1. The molecule has 39 heavy (non-hydrogen) atoms. The fourth-order valence-electron chi connectivity index (χ4n) is 4.57. The second-order valence-electron chi connectivity index (χ2n) is 9.60. The lowest BCUT2D eigenvalue weighted by Gasteiger charge is -2.29. The summed E-state index contributed by atoms with van der Waals surface area (Å²) in [6.07, 6.45) is 3.90. The predicted molar refractivity (Wildman–Crippen MR) is 156 cm³/mol. The quantitative estimate of drug-likeness (QED) is 0.162. The summed E-state index contributed by atoms with van der Waals surface area (Å²) in [6.45, 7) is 3.43. The molecule has 2 fully saturated rings. The molecule has 0 aliphatic carbocycles. The van der Waals surface area contributed by atoms with Crippen LogP contribution < -0.4 is 0 Å². The Labute approximate surface area is 237 Å². The summed E-state index contributed by atoms with van der Waals surface area (Å²) >= 11 is 6.71. The summed E-state index contributed by atoms with van der Waals surface area (Å²) in [5, 5.41) is 9.59. The Bertz CT molecular complexity index is 1350. The topological polar surface area (TPSA) is 83.2 Å². The highest BCUT2D eigenvalue weighted by Gasteiger charge is 2.32. The molecule has 3 heterocycles. The van der Waals surface area contributed by atoms with Gasteiger partial charge in [0.1, 0.15) is 15.8 Å². The number of hydrogen-bond acceptors (Lipinski definition) is 8. The molecule has 202 valence electrons. The maximum absolute atomic E-state index is 12.9. The van der Waals surface area contributed by atoms with E-state index in [0.717, 1.165) is 50.0 Å². The van der Waals surface area contributed by atoms with Gasteiger partial charge in [0, 0.05) is 31.3 Å². The molecular formula is C30H30N2O5S2. The third kappa shape index (κ3) is 7.05. The Balaban J connectivity index is 1.14.